The van der Waals surface area contributed by atoms with Gasteiger partial charge in [-0.05, 0) is 52.1 Å². The Morgan fingerprint density at radius 1 is 0.479 bits per heavy atom. The average molecular weight is 1070 g/mol. The number of halogens is 1. The number of para-hydroxylation sites is 6. The van der Waals surface area contributed by atoms with Gasteiger partial charge in [-0.25, -0.2) is 24.6 Å². The number of hydrogen-bond donors (Lipinski definition) is 2. The molecule has 73 heavy (non-hydrogen) atoms. The van der Waals surface area contributed by atoms with Gasteiger partial charge < -0.3 is 20.8 Å². The van der Waals surface area contributed by atoms with Crippen molar-refractivity contribution in [2.75, 3.05) is 15.5 Å². The SMILES string of the molecule is Clc1cc(-c2ccccc2)nc(-c2ccccc2)n1.O=[P+]([O-])O[O-].[K+].[K][K].c1ccc(-c2cc(N3c4ccccc4Nc4ccccc43)nc(-c3ccccc3)n2)cc1.c1ccc2c(c1)Cc1ccccc1N2. The molecule has 2 aromatic heterocycles. The van der Waals surface area contributed by atoms with Crippen LogP contribution in [0.25, 0.3) is 45.3 Å². The number of nitrogens with one attached hydrogen (secondary N) is 2. The summed E-state index contributed by atoms with van der Waals surface area (Å²) in [5.41, 5.74) is 15.2. The summed E-state index contributed by atoms with van der Waals surface area (Å²) in [5.74, 6) is 2.18. The van der Waals surface area contributed by atoms with Gasteiger partial charge in [-0.1, -0.05) is 194 Å². The Bertz CT molecular complexity index is 3130. The molecule has 0 amide bonds. The fourth-order valence-corrected chi connectivity index (χ4v) is 8.11. The summed E-state index contributed by atoms with van der Waals surface area (Å²) in [4.78, 5) is 29.9. The normalized spacial score (nSPS) is 11.2. The van der Waals surface area contributed by atoms with Crippen molar-refractivity contribution in [2.24, 2.45) is 0 Å². The fraction of sp³-hybridized carbons (Fsp3) is 0.0175. The zero-order chi connectivity index (χ0) is 50.1. The summed E-state index contributed by atoms with van der Waals surface area (Å²) >= 11 is 8.60. The average Bonchev–Trinajstić information content (AvgIpc) is 3.45. The van der Waals surface area contributed by atoms with Crippen LogP contribution in [-0.4, -0.2) is 83.1 Å². The maximum atomic E-state index is 8.87. The Hall–Kier alpha value is -3.50. The maximum absolute atomic E-state index is 8.87. The van der Waals surface area contributed by atoms with Crippen LogP contribution in [0.4, 0.5) is 39.9 Å². The monoisotopic (exact) mass is 1070 g/mol. The second kappa shape index (κ2) is 29.7. The van der Waals surface area contributed by atoms with Crippen LogP contribution in [0.15, 0.2) is 231 Å². The summed E-state index contributed by atoms with van der Waals surface area (Å²) in [5, 5.41) is 16.0. The second-order valence-corrected chi connectivity index (χ2v) is 16.7. The van der Waals surface area contributed by atoms with E-state index in [0.717, 1.165) is 68.6 Å². The standard InChI is InChI=1S/C28H20N4.C16H11ClN2.C13H11N.3K.HO4P/c1-3-11-20(12-4-1)24-19-27(31-28(30-24)21-13-5-2-6-14-21)32-25-17-9-7-15-22(25)29-23-16-8-10-18-26(23)32;17-15-11-14(12-7-3-1-4-8-12)18-16(19-15)13-9-5-2-6-10-13;1-3-7-12-10(5-1)9-11-6-2-4-8-13(11)14-12;;;;1-4-5(2)3/h1-19,29H;1-11H;1-8,14H,9H2;;;;1H/q;;;;;+1;/p-1. The van der Waals surface area contributed by atoms with E-state index in [1.807, 2.05) is 121 Å². The molecule has 1 atom stereocenters. The first-order valence-electron chi connectivity index (χ1n) is 23.2. The van der Waals surface area contributed by atoms with Crippen LogP contribution in [0.1, 0.15) is 11.1 Å². The Kier molecular flexibility index (Phi) is 23.3. The molecular formula is C57H42ClK3N7O4P. The number of aromatic nitrogens is 4. The molecule has 0 bridgehead atoms. The van der Waals surface area contributed by atoms with Crippen LogP contribution in [0, 0.1) is 0 Å². The third-order valence-electron chi connectivity index (χ3n) is 11.1. The summed E-state index contributed by atoms with van der Waals surface area (Å²) in [7, 11) is -3.15. The first-order chi connectivity index (χ1) is 35.4. The van der Waals surface area contributed by atoms with E-state index in [0.29, 0.717) is 16.8 Å². The van der Waals surface area contributed by atoms with E-state index in [2.05, 4.69) is 133 Å². The minimum Gasteiger partial charge on any atom is -0.355 e. The molecular weight excluding hydrogens is 1030 g/mol. The van der Waals surface area contributed by atoms with Crippen molar-refractivity contribution in [2.45, 2.75) is 6.42 Å². The van der Waals surface area contributed by atoms with Crippen molar-refractivity contribution < 1.29 is 70.8 Å². The van der Waals surface area contributed by atoms with Gasteiger partial charge in [0, 0.05) is 52.2 Å². The van der Waals surface area contributed by atoms with Crippen molar-refractivity contribution >= 4 is 123 Å². The van der Waals surface area contributed by atoms with Crippen molar-refractivity contribution in [1.82, 2.24) is 19.9 Å². The van der Waals surface area contributed by atoms with Crippen LogP contribution in [0.2, 0.25) is 5.15 Å². The first kappa shape index (κ1) is 57.2. The number of rotatable bonds is 6. The number of anilines is 7. The Labute approximate surface area is 518 Å². The summed E-state index contributed by atoms with van der Waals surface area (Å²) in [6.07, 6.45) is 1.04. The molecule has 0 aliphatic carbocycles. The zero-order valence-electron chi connectivity index (χ0n) is 40.3. The zero-order valence-corrected chi connectivity index (χ0v) is 51.4. The van der Waals surface area contributed by atoms with Gasteiger partial charge in [0.25, 0.3) is 0 Å². The molecule has 11 nitrogen and oxygen atoms in total. The second-order valence-electron chi connectivity index (χ2n) is 15.7. The fourth-order valence-electron chi connectivity index (χ4n) is 7.93. The molecule has 10 aromatic rings. The Morgan fingerprint density at radius 2 is 0.822 bits per heavy atom. The number of benzene rings is 8. The van der Waals surface area contributed by atoms with Gasteiger partial charge >= 0.3 is 123 Å². The van der Waals surface area contributed by atoms with Gasteiger partial charge in [0.1, 0.15) is 11.0 Å². The van der Waals surface area contributed by atoms with Gasteiger partial charge in [0.05, 0.1) is 34.1 Å². The predicted octanol–water partition coefficient (Wildman–Crippen LogP) is 9.67. The molecule has 344 valence electrons. The van der Waals surface area contributed by atoms with E-state index in [1.165, 1.54) is 85.7 Å². The van der Waals surface area contributed by atoms with Gasteiger partial charge in [-0.15, -0.1) is 0 Å². The Balaban J connectivity index is 0.000000161. The molecule has 1 unspecified atom stereocenters. The Morgan fingerprint density at radius 3 is 1.26 bits per heavy atom. The molecule has 2 aliphatic heterocycles. The largest absolute Gasteiger partial charge is 0.355 e. The smallest absolute Gasteiger partial charge is 0.162 e. The molecule has 2 N–H and O–H groups in total. The predicted molar refractivity (Wildman–Crippen MR) is 288 cm³/mol. The third kappa shape index (κ3) is 15.8. The van der Waals surface area contributed by atoms with Crippen LogP contribution in [-0.2, 0) is 15.7 Å². The summed E-state index contributed by atoms with van der Waals surface area (Å²) in [6.45, 7) is 0. The molecule has 4 heterocycles. The van der Waals surface area contributed by atoms with Crippen molar-refractivity contribution in [3.63, 3.8) is 0 Å². The van der Waals surface area contributed by atoms with Gasteiger partial charge in [0.15, 0.2) is 11.6 Å². The maximum Gasteiger partial charge on any atom is 0.162 e. The van der Waals surface area contributed by atoms with Crippen LogP contribution >= 0.6 is 19.9 Å². The van der Waals surface area contributed by atoms with E-state index in [9.17, 15) is 0 Å². The molecule has 2 aliphatic rings. The first-order valence-corrected chi connectivity index (χ1v) is 40.7. The molecule has 16 heteroatoms. The van der Waals surface area contributed by atoms with Crippen molar-refractivity contribution in [3.8, 4) is 45.3 Å². The number of fused-ring (bicyclic) bond motifs is 4. The minimum absolute atomic E-state index is 0. The number of nitrogens with zero attached hydrogens (tertiary/aromatic N) is 5. The van der Waals surface area contributed by atoms with Gasteiger partial charge in [-0.3, -0.25) is 4.90 Å². The van der Waals surface area contributed by atoms with Crippen molar-refractivity contribution in [1.29, 1.82) is 0 Å². The van der Waals surface area contributed by atoms with E-state index >= 15 is 0 Å². The summed E-state index contributed by atoms with van der Waals surface area (Å²) in [6, 6.07) is 77.6. The minimum atomic E-state index is -3.15. The molecule has 0 spiro atoms. The van der Waals surface area contributed by atoms with E-state index in [-0.39, 0.29) is 51.4 Å². The quantitative estimate of drug-likeness (QED) is 0.0539. The topological polar surface area (TPSA) is 151 Å². The number of hydrogen-bond acceptors (Lipinski definition) is 11. The van der Waals surface area contributed by atoms with Crippen LogP contribution in [0.3, 0.4) is 0 Å². The molecule has 12 rings (SSSR count). The molecule has 8 aromatic carbocycles. The third-order valence-corrected chi connectivity index (χ3v) is 11.5. The molecule has 0 saturated carbocycles. The van der Waals surface area contributed by atoms with Gasteiger partial charge in [0.2, 0.25) is 0 Å². The molecule has 0 fully saturated rings. The molecule has 0 saturated heterocycles. The van der Waals surface area contributed by atoms with Crippen LogP contribution in [0.5, 0.6) is 0 Å². The van der Waals surface area contributed by atoms with E-state index < -0.39 is 8.25 Å². The van der Waals surface area contributed by atoms with E-state index in [1.54, 1.807) is 6.07 Å². The summed E-state index contributed by atoms with van der Waals surface area (Å²) < 4.78 is 11.3. The van der Waals surface area contributed by atoms with E-state index in [4.69, 9.17) is 36.3 Å². The van der Waals surface area contributed by atoms with Gasteiger partial charge in [-0.2, -0.15) is 0 Å². The molecule has 0 radical (unpaired) electrons. The van der Waals surface area contributed by atoms with Crippen LogP contribution < -0.4 is 77.1 Å². The van der Waals surface area contributed by atoms with Crippen molar-refractivity contribution in [3.05, 3.63) is 247 Å².